The van der Waals surface area contributed by atoms with Gasteiger partial charge in [0.25, 0.3) is 0 Å². The van der Waals surface area contributed by atoms with E-state index in [4.69, 9.17) is 4.74 Å². The third kappa shape index (κ3) is 5.21. The van der Waals surface area contributed by atoms with E-state index < -0.39 is 0 Å². The molecule has 4 aromatic carbocycles. The second-order valence-electron chi connectivity index (χ2n) is 7.58. The van der Waals surface area contributed by atoms with Gasteiger partial charge in [-0.3, -0.25) is 4.90 Å². The van der Waals surface area contributed by atoms with Crippen LogP contribution in [0.4, 0.5) is 0 Å². The summed E-state index contributed by atoms with van der Waals surface area (Å²) in [6, 6.07) is 34.2. The highest BCUT2D eigenvalue weighted by Gasteiger charge is 2.14. The second-order valence-corrected chi connectivity index (χ2v) is 7.58. The van der Waals surface area contributed by atoms with Crippen molar-refractivity contribution < 1.29 is 4.74 Å². The van der Waals surface area contributed by atoms with Crippen molar-refractivity contribution >= 4 is 23.2 Å². The Labute approximate surface area is 185 Å². The first-order chi connectivity index (χ1) is 14.2. The molecule has 2 nitrogen and oxygen atoms in total. The Bertz CT molecular complexity index is 1060. The Balaban J connectivity index is 0.00000256. The van der Waals surface area contributed by atoms with Gasteiger partial charge in [-0.15, -0.1) is 12.4 Å². The highest BCUT2D eigenvalue weighted by molar-refractivity contribution is 5.86. The van der Waals surface area contributed by atoms with E-state index in [1.807, 2.05) is 18.2 Å². The summed E-state index contributed by atoms with van der Waals surface area (Å²) in [4.78, 5) is 2.39. The zero-order chi connectivity index (χ0) is 20.1. The van der Waals surface area contributed by atoms with Gasteiger partial charge in [0.2, 0.25) is 0 Å². The van der Waals surface area contributed by atoms with Crippen LogP contribution in [0.1, 0.15) is 29.7 Å². The Morgan fingerprint density at radius 1 is 0.733 bits per heavy atom. The predicted molar refractivity (Wildman–Crippen MR) is 128 cm³/mol. The Morgan fingerprint density at radius 3 is 2.17 bits per heavy atom. The normalized spacial score (nSPS) is 11.8. The van der Waals surface area contributed by atoms with Crippen LogP contribution in [0.3, 0.4) is 0 Å². The van der Waals surface area contributed by atoms with Gasteiger partial charge in [0.1, 0.15) is 12.4 Å². The number of ether oxygens (including phenoxy) is 1. The van der Waals surface area contributed by atoms with Gasteiger partial charge >= 0.3 is 0 Å². The summed E-state index contributed by atoms with van der Waals surface area (Å²) in [5, 5.41) is 2.63. The summed E-state index contributed by atoms with van der Waals surface area (Å²) in [5.74, 6) is 0.905. The quantitative estimate of drug-likeness (QED) is 0.320. The molecule has 4 rings (SSSR count). The number of hydrogen-bond donors (Lipinski definition) is 0. The van der Waals surface area contributed by atoms with E-state index in [0.717, 1.165) is 12.3 Å². The van der Waals surface area contributed by atoms with E-state index in [2.05, 4.69) is 97.7 Å². The average molecular weight is 418 g/mol. The third-order valence-corrected chi connectivity index (χ3v) is 5.54. The number of nitrogens with zero attached hydrogens (tertiary/aromatic N) is 1. The van der Waals surface area contributed by atoms with Crippen molar-refractivity contribution in [3.63, 3.8) is 0 Å². The molecule has 0 saturated heterocycles. The van der Waals surface area contributed by atoms with Crippen LogP contribution in [0.15, 0.2) is 97.1 Å². The molecule has 0 saturated carbocycles. The molecule has 0 radical (unpaired) electrons. The van der Waals surface area contributed by atoms with Crippen LogP contribution in [0.25, 0.3) is 10.8 Å². The summed E-state index contributed by atoms with van der Waals surface area (Å²) >= 11 is 0. The van der Waals surface area contributed by atoms with Crippen molar-refractivity contribution in [3.05, 3.63) is 114 Å². The molecule has 4 aromatic rings. The van der Waals surface area contributed by atoms with Gasteiger partial charge in [-0.05, 0) is 53.6 Å². The minimum Gasteiger partial charge on any atom is -0.489 e. The standard InChI is InChI=1S/C27H27NO.ClH/c1-21(26-14-8-12-24-11-6-7-13-27(24)26)28(2)19-22-15-17-25(18-16-22)29-20-23-9-4-3-5-10-23;/h3-18,21H,19-20H2,1-2H3;1H/t21-;/m1./s1. The minimum atomic E-state index is 0. The number of hydrogen-bond acceptors (Lipinski definition) is 2. The highest BCUT2D eigenvalue weighted by atomic mass is 35.5. The molecule has 0 aliphatic heterocycles. The Hall–Kier alpha value is -2.81. The summed E-state index contributed by atoms with van der Waals surface area (Å²) < 4.78 is 5.90. The van der Waals surface area contributed by atoms with Crippen molar-refractivity contribution in [1.29, 1.82) is 0 Å². The lowest BCUT2D eigenvalue weighted by Gasteiger charge is -2.26. The zero-order valence-electron chi connectivity index (χ0n) is 17.5. The lowest BCUT2D eigenvalue weighted by atomic mass is 9.98. The zero-order valence-corrected chi connectivity index (χ0v) is 18.3. The molecule has 0 bridgehead atoms. The predicted octanol–water partition coefficient (Wildman–Crippen LogP) is 7.03. The van der Waals surface area contributed by atoms with Crippen molar-refractivity contribution in [2.75, 3.05) is 7.05 Å². The molecule has 0 fully saturated rings. The largest absolute Gasteiger partial charge is 0.489 e. The minimum absolute atomic E-state index is 0. The molecule has 0 aliphatic carbocycles. The topological polar surface area (TPSA) is 12.5 Å². The van der Waals surface area contributed by atoms with Gasteiger partial charge in [-0.25, -0.2) is 0 Å². The fourth-order valence-corrected chi connectivity index (χ4v) is 3.71. The van der Waals surface area contributed by atoms with E-state index in [1.54, 1.807) is 0 Å². The van der Waals surface area contributed by atoms with Crippen LogP contribution < -0.4 is 4.74 Å². The van der Waals surface area contributed by atoms with Gasteiger partial charge in [-0.1, -0.05) is 84.9 Å². The van der Waals surface area contributed by atoms with E-state index in [-0.39, 0.29) is 12.4 Å². The Kier molecular flexibility index (Phi) is 7.51. The van der Waals surface area contributed by atoms with Crippen LogP contribution in [-0.2, 0) is 13.2 Å². The van der Waals surface area contributed by atoms with Crippen molar-refractivity contribution in [2.24, 2.45) is 0 Å². The number of rotatable bonds is 7. The summed E-state index contributed by atoms with van der Waals surface area (Å²) in [5.41, 5.74) is 3.83. The molecule has 0 aromatic heterocycles. The monoisotopic (exact) mass is 417 g/mol. The van der Waals surface area contributed by atoms with Crippen LogP contribution in [-0.4, -0.2) is 11.9 Å². The lowest BCUT2D eigenvalue weighted by Crippen LogP contribution is -2.22. The van der Waals surface area contributed by atoms with Crippen molar-refractivity contribution in [2.45, 2.75) is 26.1 Å². The second kappa shape index (κ2) is 10.3. The van der Waals surface area contributed by atoms with E-state index in [0.29, 0.717) is 12.6 Å². The van der Waals surface area contributed by atoms with Gasteiger partial charge in [-0.2, -0.15) is 0 Å². The van der Waals surface area contributed by atoms with Crippen molar-refractivity contribution in [3.8, 4) is 5.75 Å². The number of benzene rings is 4. The lowest BCUT2D eigenvalue weighted by molar-refractivity contribution is 0.254. The molecule has 3 heteroatoms. The molecule has 154 valence electrons. The smallest absolute Gasteiger partial charge is 0.119 e. The molecule has 0 N–H and O–H groups in total. The molecule has 0 aliphatic rings. The van der Waals surface area contributed by atoms with Crippen LogP contribution in [0.2, 0.25) is 0 Å². The molecule has 30 heavy (non-hydrogen) atoms. The third-order valence-electron chi connectivity index (χ3n) is 5.54. The molecule has 0 heterocycles. The summed E-state index contributed by atoms with van der Waals surface area (Å²) in [6.07, 6.45) is 0. The maximum Gasteiger partial charge on any atom is 0.119 e. The van der Waals surface area contributed by atoms with Crippen LogP contribution in [0, 0.1) is 0 Å². The maximum atomic E-state index is 5.90. The van der Waals surface area contributed by atoms with Gasteiger partial charge in [0, 0.05) is 12.6 Å². The summed E-state index contributed by atoms with van der Waals surface area (Å²) in [7, 11) is 2.19. The fraction of sp³-hybridized carbons (Fsp3) is 0.185. The van der Waals surface area contributed by atoms with E-state index >= 15 is 0 Å². The number of halogens is 1. The molecule has 0 unspecified atom stereocenters. The first kappa shape index (κ1) is 21.9. The number of fused-ring (bicyclic) bond motifs is 1. The molecule has 0 amide bonds. The Morgan fingerprint density at radius 2 is 1.40 bits per heavy atom. The van der Waals surface area contributed by atoms with Crippen LogP contribution >= 0.6 is 12.4 Å². The van der Waals surface area contributed by atoms with E-state index in [9.17, 15) is 0 Å². The fourth-order valence-electron chi connectivity index (χ4n) is 3.71. The van der Waals surface area contributed by atoms with Gasteiger partial charge in [0.05, 0.1) is 0 Å². The van der Waals surface area contributed by atoms with E-state index in [1.165, 1.54) is 27.5 Å². The summed E-state index contributed by atoms with van der Waals surface area (Å²) in [6.45, 7) is 3.76. The first-order valence-electron chi connectivity index (χ1n) is 10.1. The maximum absolute atomic E-state index is 5.90. The van der Waals surface area contributed by atoms with Gasteiger partial charge < -0.3 is 4.74 Å². The molecular weight excluding hydrogens is 390 g/mol. The van der Waals surface area contributed by atoms with Crippen LogP contribution in [0.5, 0.6) is 5.75 Å². The molecule has 1 atom stereocenters. The van der Waals surface area contributed by atoms with Crippen molar-refractivity contribution in [1.82, 2.24) is 4.90 Å². The molecular formula is C27H28ClNO. The van der Waals surface area contributed by atoms with Gasteiger partial charge in [0.15, 0.2) is 0 Å². The first-order valence-corrected chi connectivity index (χ1v) is 10.1. The molecule has 0 spiro atoms. The SMILES string of the molecule is C[C@H](c1cccc2ccccc12)N(C)Cc1ccc(OCc2ccccc2)cc1.Cl. The highest BCUT2D eigenvalue weighted by Crippen LogP contribution is 2.28. The average Bonchev–Trinajstić information content (AvgIpc) is 2.78.